The predicted molar refractivity (Wildman–Crippen MR) is 115 cm³/mol. The van der Waals surface area contributed by atoms with E-state index in [1.54, 1.807) is 57.2 Å². The van der Waals surface area contributed by atoms with E-state index in [2.05, 4.69) is 4.98 Å². The number of aliphatic carboxylic acids is 1. The van der Waals surface area contributed by atoms with Gasteiger partial charge in [-0.2, -0.15) is 0 Å². The molecule has 0 saturated carbocycles. The fourth-order valence-corrected chi connectivity index (χ4v) is 3.31. The average Bonchev–Trinajstić information content (AvgIpc) is 2.69. The Kier molecular flexibility index (Phi) is 5.91. The Balaban J connectivity index is 2.07. The molecule has 0 radical (unpaired) electrons. The van der Waals surface area contributed by atoms with Crippen LogP contribution >= 0.6 is 0 Å². The fourth-order valence-electron chi connectivity index (χ4n) is 3.31. The van der Waals surface area contributed by atoms with Crippen LogP contribution in [-0.2, 0) is 16.1 Å². The number of fused-ring (bicyclic) bond motifs is 1. The van der Waals surface area contributed by atoms with Crippen LogP contribution in [0, 0.1) is 5.41 Å². The predicted octanol–water partition coefficient (Wildman–Crippen LogP) is 4.17. The van der Waals surface area contributed by atoms with Crippen LogP contribution < -0.4 is 10.5 Å². The lowest BCUT2D eigenvalue weighted by Crippen LogP contribution is -2.54. The number of rotatable bonds is 5. The summed E-state index contributed by atoms with van der Waals surface area (Å²) in [5.74, 6) is -1.23. The fraction of sp³-hybridized carbons (Fsp3) is 0.261. The van der Waals surface area contributed by atoms with Gasteiger partial charge in [-0.15, -0.1) is 0 Å². The quantitative estimate of drug-likeness (QED) is 0.660. The summed E-state index contributed by atoms with van der Waals surface area (Å²) >= 11 is 0. The number of benzene rings is 2. The summed E-state index contributed by atoms with van der Waals surface area (Å²) in [6.45, 7) is 5.04. The zero-order valence-corrected chi connectivity index (χ0v) is 17.1. The number of carboxylic acids is 1. The van der Waals surface area contributed by atoms with E-state index in [4.69, 9.17) is 4.74 Å². The highest BCUT2D eigenvalue weighted by molar-refractivity contribution is 5.97. The second kappa shape index (κ2) is 8.41. The molecule has 0 aliphatic rings. The Morgan fingerprint density at radius 1 is 1.07 bits per heavy atom. The Hall–Kier alpha value is -3.61. The van der Waals surface area contributed by atoms with Gasteiger partial charge in [0.2, 0.25) is 0 Å². The minimum absolute atomic E-state index is 0.0435. The third-order valence-electron chi connectivity index (χ3n) is 4.71. The van der Waals surface area contributed by atoms with E-state index in [0.29, 0.717) is 10.9 Å². The molecule has 7 nitrogen and oxygen atoms in total. The van der Waals surface area contributed by atoms with E-state index < -0.39 is 29.1 Å². The molecule has 1 heterocycles. The van der Waals surface area contributed by atoms with Gasteiger partial charge in [0.15, 0.2) is 0 Å². The topological polar surface area (TPSA) is 99.7 Å². The number of carboxylic acid groups (broad SMARTS) is 1. The molecule has 0 fully saturated rings. The van der Waals surface area contributed by atoms with Gasteiger partial charge in [-0.25, -0.2) is 9.59 Å². The van der Waals surface area contributed by atoms with Gasteiger partial charge in [-0.05, 0) is 23.1 Å². The minimum Gasteiger partial charge on any atom is -0.480 e. The summed E-state index contributed by atoms with van der Waals surface area (Å²) in [6.07, 6.45) is -0.901. The van der Waals surface area contributed by atoms with Gasteiger partial charge < -0.3 is 14.8 Å². The van der Waals surface area contributed by atoms with Crippen molar-refractivity contribution in [1.82, 2.24) is 4.98 Å². The van der Waals surface area contributed by atoms with Gasteiger partial charge in [0.25, 0.3) is 5.56 Å². The number of anilines is 1. The van der Waals surface area contributed by atoms with E-state index in [0.717, 1.165) is 10.5 Å². The van der Waals surface area contributed by atoms with Crippen molar-refractivity contribution in [3.8, 4) is 0 Å². The van der Waals surface area contributed by atoms with Crippen molar-refractivity contribution in [2.75, 3.05) is 4.90 Å². The van der Waals surface area contributed by atoms with Crippen LogP contribution in [0.25, 0.3) is 10.9 Å². The molecule has 1 atom stereocenters. The molecule has 0 bridgehead atoms. The molecule has 1 aromatic heterocycles. The molecular formula is C23H24N2O5. The van der Waals surface area contributed by atoms with Crippen molar-refractivity contribution in [3.05, 3.63) is 76.6 Å². The number of H-pyrrole nitrogens is 1. The number of para-hydroxylation sites is 1. The van der Waals surface area contributed by atoms with Crippen molar-refractivity contribution >= 4 is 28.7 Å². The lowest BCUT2D eigenvalue weighted by Gasteiger charge is -2.36. The number of carbonyl (C=O) groups is 2. The van der Waals surface area contributed by atoms with E-state index in [1.165, 1.54) is 6.07 Å². The average molecular weight is 408 g/mol. The maximum absolute atomic E-state index is 13.1. The number of nitrogens with one attached hydrogen (secondary N) is 1. The summed E-state index contributed by atoms with van der Waals surface area (Å²) in [7, 11) is 0. The molecule has 30 heavy (non-hydrogen) atoms. The highest BCUT2D eigenvalue weighted by Gasteiger charge is 2.42. The van der Waals surface area contributed by atoms with Gasteiger partial charge in [-0.1, -0.05) is 69.3 Å². The number of aromatic nitrogens is 1. The van der Waals surface area contributed by atoms with Crippen LogP contribution in [0.5, 0.6) is 0 Å². The standard InChI is InChI=1S/C23H24N2O5/c1-23(2,3)19(21(27)28)25(22(29)30-14-15-9-5-4-6-10-15)18-13-16-11-7-8-12-17(16)24-20(18)26/h4-13,19H,14H2,1-3H3,(H,24,26)(H,27,28). The first kappa shape index (κ1) is 21.1. The smallest absolute Gasteiger partial charge is 0.415 e. The third-order valence-corrected chi connectivity index (χ3v) is 4.71. The van der Waals surface area contributed by atoms with Crippen molar-refractivity contribution in [1.29, 1.82) is 0 Å². The second-order valence-corrected chi connectivity index (χ2v) is 8.09. The van der Waals surface area contributed by atoms with Crippen LogP contribution in [0.1, 0.15) is 26.3 Å². The van der Waals surface area contributed by atoms with Gasteiger partial charge in [0.1, 0.15) is 18.3 Å². The van der Waals surface area contributed by atoms with Crippen LogP contribution in [0.15, 0.2) is 65.5 Å². The molecule has 3 aromatic rings. The molecule has 0 aliphatic carbocycles. The highest BCUT2D eigenvalue weighted by Crippen LogP contribution is 2.29. The van der Waals surface area contributed by atoms with Crippen molar-refractivity contribution in [2.45, 2.75) is 33.4 Å². The molecule has 1 unspecified atom stereocenters. The van der Waals surface area contributed by atoms with Crippen LogP contribution in [-0.4, -0.2) is 28.2 Å². The Morgan fingerprint density at radius 2 is 1.70 bits per heavy atom. The summed E-state index contributed by atoms with van der Waals surface area (Å²) in [6, 6.07) is 16.3. The molecular weight excluding hydrogens is 384 g/mol. The number of pyridine rings is 1. The molecule has 0 spiro atoms. The summed E-state index contributed by atoms with van der Waals surface area (Å²) < 4.78 is 5.41. The van der Waals surface area contributed by atoms with Gasteiger partial charge in [0, 0.05) is 10.9 Å². The molecule has 2 N–H and O–H groups in total. The Bertz CT molecular complexity index is 1120. The van der Waals surface area contributed by atoms with Crippen LogP contribution in [0.4, 0.5) is 10.5 Å². The van der Waals surface area contributed by atoms with Gasteiger partial charge in [-0.3, -0.25) is 9.69 Å². The number of hydrogen-bond acceptors (Lipinski definition) is 4. The highest BCUT2D eigenvalue weighted by atomic mass is 16.6. The molecule has 1 amide bonds. The largest absolute Gasteiger partial charge is 0.480 e. The number of aromatic amines is 1. The number of carbonyl (C=O) groups excluding carboxylic acids is 1. The number of nitrogens with zero attached hydrogens (tertiary/aromatic N) is 1. The van der Waals surface area contributed by atoms with E-state index >= 15 is 0 Å². The van der Waals surface area contributed by atoms with E-state index in [-0.39, 0.29) is 12.3 Å². The minimum atomic E-state index is -1.32. The maximum Gasteiger partial charge on any atom is 0.415 e. The monoisotopic (exact) mass is 408 g/mol. The molecule has 7 heteroatoms. The Labute approximate surface area is 173 Å². The van der Waals surface area contributed by atoms with Gasteiger partial charge >= 0.3 is 12.1 Å². The summed E-state index contributed by atoms with van der Waals surface area (Å²) in [4.78, 5) is 41.7. The maximum atomic E-state index is 13.1. The summed E-state index contributed by atoms with van der Waals surface area (Å²) in [5, 5.41) is 10.6. The number of hydrogen-bond donors (Lipinski definition) is 2. The third kappa shape index (κ3) is 4.51. The first-order valence-corrected chi connectivity index (χ1v) is 9.53. The SMILES string of the molecule is CC(C)(C)C(C(=O)O)N(C(=O)OCc1ccccc1)c1cc2ccccc2[nH]c1=O. The first-order valence-electron chi connectivity index (χ1n) is 9.53. The van der Waals surface area contributed by atoms with Crippen LogP contribution in [0.3, 0.4) is 0 Å². The van der Waals surface area contributed by atoms with Crippen LogP contribution in [0.2, 0.25) is 0 Å². The summed E-state index contributed by atoms with van der Waals surface area (Å²) in [5.41, 5.74) is -0.169. The molecule has 0 aliphatic heterocycles. The molecule has 2 aromatic carbocycles. The molecule has 0 saturated heterocycles. The second-order valence-electron chi connectivity index (χ2n) is 8.09. The zero-order chi connectivity index (χ0) is 21.9. The lowest BCUT2D eigenvalue weighted by molar-refractivity contribution is -0.141. The van der Waals surface area contributed by atoms with E-state index in [9.17, 15) is 19.5 Å². The number of ether oxygens (including phenoxy) is 1. The molecule has 156 valence electrons. The first-order chi connectivity index (χ1) is 14.2. The Morgan fingerprint density at radius 3 is 2.33 bits per heavy atom. The normalized spacial score (nSPS) is 12.4. The van der Waals surface area contributed by atoms with Crippen molar-refractivity contribution in [3.63, 3.8) is 0 Å². The van der Waals surface area contributed by atoms with Crippen molar-refractivity contribution < 1.29 is 19.4 Å². The number of amides is 1. The molecule has 3 rings (SSSR count). The lowest BCUT2D eigenvalue weighted by atomic mass is 9.85. The van der Waals surface area contributed by atoms with Gasteiger partial charge in [0.05, 0.1) is 0 Å². The zero-order valence-electron chi connectivity index (χ0n) is 17.1. The van der Waals surface area contributed by atoms with E-state index in [1.807, 2.05) is 18.2 Å². The van der Waals surface area contributed by atoms with Crippen molar-refractivity contribution in [2.24, 2.45) is 5.41 Å².